The van der Waals surface area contributed by atoms with Gasteiger partial charge in [-0.25, -0.2) is 4.39 Å². The zero-order valence-corrected chi connectivity index (χ0v) is 20.0. The van der Waals surface area contributed by atoms with Gasteiger partial charge < -0.3 is 5.11 Å². The number of carboxylic acid groups (broad SMARTS) is 1. The molecule has 0 aliphatic carbocycles. The van der Waals surface area contributed by atoms with Gasteiger partial charge in [0.05, 0.1) is 6.67 Å². The fraction of sp³-hybridized carbons (Fsp3) is 0.480. The number of likely N-dealkylation sites (tertiary alicyclic amines) is 1. The van der Waals surface area contributed by atoms with Crippen molar-refractivity contribution in [2.24, 2.45) is 5.41 Å². The molecule has 2 aromatic carbocycles. The maximum absolute atomic E-state index is 15.2. The summed E-state index contributed by atoms with van der Waals surface area (Å²) >= 11 is 12.3. The smallest absolute Gasteiger partial charge is 0.321 e. The van der Waals surface area contributed by atoms with Crippen LogP contribution < -0.4 is 0 Å². The Balaban J connectivity index is 2.25. The molecule has 7 heteroatoms. The van der Waals surface area contributed by atoms with Crippen LogP contribution in [0.1, 0.15) is 56.6 Å². The Morgan fingerprint density at radius 2 is 1.78 bits per heavy atom. The predicted molar refractivity (Wildman–Crippen MR) is 125 cm³/mol. The quantitative estimate of drug-likeness (QED) is 0.463. The van der Waals surface area contributed by atoms with Crippen LogP contribution in [0.2, 0.25) is 10.0 Å². The van der Waals surface area contributed by atoms with E-state index in [0.29, 0.717) is 17.0 Å². The summed E-state index contributed by atoms with van der Waals surface area (Å²) in [4.78, 5) is 14.4. The molecule has 0 saturated carbocycles. The molecule has 1 aliphatic heterocycles. The third kappa shape index (κ3) is 5.44. The van der Waals surface area contributed by atoms with Crippen molar-refractivity contribution in [3.05, 3.63) is 69.5 Å². The van der Waals surface area contributed by atoms with Gasteiger partial charge in [0, 0.05) is 34.5 Å². The third-order valence-electron chi connectivity index (χ3n) is 6.10. The summed E-state index contributed by atoms with van der Waals surface area (Å²) in [7, 11) is 0. The summed E-state index contributed by atoms with van der Waals surface area (Å²) < 4.78 is 28.4. The lowest BCUT2D eigenvalue weighted by molar-refractivity contribution is -0.143. The van der Waals surface area contributed by atoms with Gasteiger partial charge in [-0.15, -0.1) is 0 Å². The maximum Gasteiger partial charge on any atom is 0.321 e. The van der Waals surface area contributed by atoms with Crippen LogP contribution in [0.25, 0.3) is 0 Å². The highest BCUT2D eigenvalue weighted by molar-refractivity contribution is 6.30. The molecule has 0 aromatic heterocycles. The van der Waals surface area contributed by atoms with Gasteiger partial charge in [-0.3, -0.25) is 14.1 Å². The van der Waals surface area contributed by atoms with Gasteiger partial charge in [0.1, 0.15) is 11.9 Å². The Labute approximate surface area is 198 Å². The molecule has 2 aromatic rings. The standard InChI is InChI=1S/C25H29Cl2F2NO2/c1-25(2,3)14-20-22(18-9-8-17(27)13-19(18)29)21(15-6-4-7-16(26)12-15)23(24(31)32)30(20)11-5-10-28/h4,6-9,12-13,20-23H,5,10-11,14H2,1-3H3,(H,31,32). The van der Waals surface area contributed by atoms with Gasteiger partial charge in [0.15, 0.2) is 0 Å². The van der Waals surface area contributed by atoms with Crippen molar-refractivity contribution < 1.29 is 18.7 Å². The highest BCUT2D eigenvalue weighted by atomic mass is 35.5. The van der Waals surface area contributed by atoms with E-state index < -0.39 is 36.3 Å². The Kier molecular flexibility index (Phi) is 7.85. The fourth-order valence-electron chi connectivity index (χ4n) is 5.05. The summed E-state index contributed by atoms with van der Waals surface area (Å²) in [6.07, 6.45) is 0.829. The first-order valence-electron chi connectivity index (χ1n) is 10.8. The second kappa shape index (κ2) is 10.1. The van der Waals surface area contributed by atoms with Crippen LogP contribution in [-0.4, -0.2) is 41.3 Å². The molecule has 1 fully saturated rings. The summed E-state index contributed by atoms with van der Waals surface area (Å²) in [6.45, 7) is 5.93. The van der Waals surface area contributed by atoms with E-state index in [0.717, 1.165) is 5.56 Å². The molecular weight excluding hydrogens is 455 g/mol. The molecule has 1 heterocycles. The summed E-state index contributed by atoms with van der Waals surface area (Å²) in [6, 6.07) is 10.4. The van der Waals surface area contributed by atoms with E-state index in [4.69, 9.17) is 23.2 Å². The van der Waals surface area contributed by atoms with Crippen molar-refractivity contribution in [1.29, 1.82) is 0 Å². The van der Waals surface area contributed by atoms with Crippen molar-refractivity contribution in [2.75, 3.05) is 13.2 Å². The minimum Gasteiger partial charge on any atom is -0.480 e. The molecular formula is C25H29Cl2F2NO2. The number of halogens is 4. The number of alkyl halides is 1. The second-order valence-electron chi connectivity index (χ2n) is 9.67. The number of carboxylic acids is 1. The molecule has 0 spiro atoms. The molecule has 0 amide bonds. The van der Waals surface area contributed by atoms with Crippen LogP contribution >= 0.6 is 23.2 Å². The van der Waals surface area contributed by atoms with Crippen molar-refractivity contribution in [1.82, 2.24) is 4.90 Å². The highest BCUT2D eigenvalue weighted by Crippen LogP contribution is 2.52. The molecule has 4 atom stereocenters. The number of benzene rings is 2. The Bertz CT molecular complexity index is 963. The average molecular weight is 484 g/mol. The highest BCUT2D eigenvalue weighted by Gasteiger charge is 2.54. The molecule has 0 bridgehead atoms. The molecule has 1 N–H and O–H groups in total. The zero-order chi connectivity index (χ0) is 23.6. The Hall–Kier alpha value is -1.69. The summed E-state index contributed by atoms with van der Waals surface area (Å²) in [5.41, 5.74) is 0.986. The van der Waals surface area contributed by atoms with E-state index in [1.807, 2.05) is 11.0 Å². The van der Waals surface area contributed by atoms with Gasteiger partial charge in [-0.2, -0.15) is 0 Å². The Morgan fingerprint density at radius 3 is 2.34 bits per heavy atom. The normalized spacial score (nSPS) is 24.1. The topological polar surface area (TPSA) is 40.5 Å². The van der Waals surface area contributed by atoms with Crippen molar-refractivity contribution in [2.45, 2.75) is 57.5 Å². The van der Waals surface area contributed by atoms with E-state index in [2.05, 4.69) is 20.8 Å². The number of hydrogen-bond acceptors (Lipinski definition) is 2. The van der Waals surface area contributed by atoms with Gasteiger partial charge in [-0.05, 0) is 53.6 Å². The SMILES string of the molecule is CC(C)(C)CC1C(c2ccc(Cl)cc2F)C(c2cccc(Cl)c2)C(C(=O)O)N1CCCF. The summed E-state index contributed by atoms with van der Waals surface area (Å²) in [5.74, 6) is -2.51. The molecule has 0 radical (unpaired) electrons. The molecule has 4 unspecified atom stereocenters. The Morgan fingerprint density at radius 1 is 1.09 bits per heavy atom. The first-order chi connectivity index (χ1) is 15.0. The van der Waals surface area contributed by atoms with E-state index in [1.165, 1.54) is 6.07 Å². The predicted octanol–water partition coefficient (Wildman–Crippen LogP) is 6.93. The van der Waals surface area contributed by atoms with Gasteiger partial charge in [0.2, 0.25) is 0 Å². The number of aliphatic carboxylic acids is 1. The lowest BCUT2D eigenvalue weighted by atomic mass is 9.74. The maximum atomic E-state index is 15.2. The van der Waals surface area contributed by atoms with Crippen LogP contribution in [0.4, 0.5) is 8.78 Å². The molecule has 32 heavy (non-hydrogen) atoms. The molecule has 3 rings (SSSR count). The molecule has 3 nitrogen and oxygen atoms in total. The number of carbonyl (C=O) groups is 1. The van der Waals surface area contributed by atoms with Crippen molar-refractivity contribution in [3.8, 4) is 0 Å². The third-order valence-corrected chi connectivity index (χ3v) is 6.57. The first kappa shape index (κ1) is 24.9. The number of hydrogen-bond donors (Lipinski definition) is 1. The van der Waals surface area contributed by atoms with E-state index >= 15 is 4.39 Å². The van der Waals surface area contributed by atoms with Crippen LogP contribution in [0.3, 0.4) is 0 Å². The number of nitrogens with zero attached hydrogens (tertiary/aromatic N) is 1. The lowest BCUT2D eigenvalue weighted by Crippen LogP contribution is -2.44. The largest absolute Gasteiger partial charge is 0.480 e. The van der Waals surface area contributed by atoms with Crippen LogP contribution in [0.15, 0.2) is 42.5 Å². The van der Waals surface area contributed by atoms with Crippen LogP contribution in [0, 0.1) is 11.2 Å². The molecule has 174 valence electrons. The number of rotatable bonds is 7. The lowest BCUT2D eigenvalue weighted by Gasteiger charge is -2.35. The molecule has 1 aliphatic rings. The monoisotopic (exact) mass is 483 g/mol. The van der Waals surface area contributed by atoms with Gasteiger partial charge in [0.25, 0.3) is 0 Å². The van der Waals surface area contributed by atoms with Gasteiger partial charge >= 0.3 is 5.97 Å². The molecule has 1 saturated heterocycles. The van der Waals surface area contributed by atoms with Crippen LogP contribution in [-0.2, 0) is 4.79 Å². The minimum atomic E-state index is -1.01. The minimum absolute atomic E-state index is 0.161. The van der Waals surface area contributed by atoms with Crippen molar-refractivity contribution in [3.63, 3.8) is 0 Å². The first-order valence-corrected chi connectivity index (χ1v) is 11.5. The van der Waals surface area contributed by atoms with E-state index in [1.54, 1.807) is 30.3 Å². The van der Waals surface area contributed by atoms with E-state index in [-0.39, 0.29) is 29.4 Å². The zero-order valence-electron chi connectivity index (χ0n) is 18.5. The van der Waals surface area contributed by atoms with E-state index in [9.17, 15) is 14.3 Å². The fourth-order valence-corrected chi connectivity index (χ4v) is 5.40. The second-order valence-corrected chi connectivity index (χ2v) is 10.5. The summed E-state index contributed by atoms with van der Waals surface area (Å²) in [5, 5.41) is 11.1. The van der Waals surface area contributed by atoms with Crippen LogP contribution in [0.5, 0.6) is 0 Å². The van der Waals surface area contributed by atoms with Gasteiger partial charge in [-0.1, -0.05) is 62.2 Å². The average Bonchev–Trinajstić information content (AvgIpc) is 2.99. The van der Waals surface area contributed by atoms with Crippen molar-refractivity contribution >= 4 is 29.2 Å².